The van der Waals surface area contributed by atoms with Gasteiger partial charge in [0.25, 0.3) is 11.8 Å². The molecular formula is C43H67Cl4N3O6. The first kappa shape index (κ1) is 58.9. The number of methoxy groups -OCH3 is 2. The van der Waals surface area contributed by atoms with E-state index in [0.29, 0.717) is 69.9 Å². The van der Waals surface area contributed by atoms with Gasteiger partial charge in [0.2, 0.25) is 0 Å². The lowest BCUT2D eigenvalue weighted by molar-refractivity contribution is -0.129. The van der Waals surface area contributed by atoms with Crippen LogP contribution in [0, 0.1) is 0 Å². The van der Waals surface area contributed by atoms with E-state index in [1.165, 1.54) is 0 Å². The minimum absolute atomic E-state index is 0.227. The highest BCUT2D eigenvalue weighted by molar-refractivity contribution is 6.35. The average molecular weight is 864 g/mol. The topological polar surface area (TPSA) is 98.4 Å². The summed E-state index contributed by atoms with van der Waals surface area (Å²) < 4.78 is 21.7. The molecule has 2 amide bonds. The molecular weight excluding hydrogens is 796 g/mol. The van der Waals surface area contributed by atoms with Crippen molar-refractivity contribution >= 4 is 58.2 Å². The molecule has 0 saturated carbocycles. The SMILES string of the molecule is C/C=C(\C=C(/CCNC(=O)C(C)OC(/C=C\CCl)=C(/C)Cl)OC)OC.C=C.C=C/C=C(/CNC(=O)C(CC)Oc1ccc(Cl)cc1Cl)C(=C)N(C)C.CC.CC. The molecule has 0 aliphatic carbocycles. The summed E-state index contributed by atoms with van der Waals surface area (Å²) in [6, 6.07) is 4.89. The normalized spacial score (nSPS) is 12.4. The van der Waals surface area contributed by atoms with Gasteiger partial charge in [-0.25, -0.2) is 0 Å². The molecule has 2 N–H and O–H groups in total. The molecule has 0 heterocycles. The van der Waals surface area contributed by atoms with Crippen molar-refractivity contribution in [3.8, 4) is 5.75 Å². The second kappa shape index (κ2) is 38.1. The number of nitrogens with zero attached hydrogens (tertiary/aromatic N) is 1. The van der Waals surface area contributed by atoms with Crippen LogP contribution in [0.1, 0.15) is 68.2 Å². The third-order valence-corrected chi connectivity index (χ3v) is 7.53. The highest BCUT2D eigenvalue weighted by Gasteiger charge is 2.20. The van der Waals surface area contributed by atoms with Crippen LogP contribution in [0.3, 0.4) is 0 Å². The van der Waals surface area contributed by atoms with Crippen LogP contribution < -0.4 is 15.4 Å². The molecule has 2 atom stereocenters. The zero-order chi connectivity index (χ0) is 44.2. The quantitative estimate of drug-likeness (QED) is 0.0583. The van der Waals surface area contributed by atoms with E-state index in [9.17, 15) is 9.59 Å². The monoisotopic (exact) mass is 861 g/mol. The number of hydrogen-bond donors (Lipinski definition) is 2. The molecule has 0 aliphatic heterocycles. The number of likely N-dealkylation sites (N-methyl/N-ethyl adjacent to an activating group) is 1. The Bertz CT molecular complexity index is 1430. The van der Waals surface area contributed by atoms with Gasteiger partial charge >= 0.3 is 0 Å². The Morgan fingerprint density at radius 1 is 1.02 bits per heavy atom. The van der Waals surface area contributed by atoms with Crippen molar-refractivity contribution in [2.24, 2.45) is 0 Å². The molecule has 56 heavy (non-hydrogen) atoms. The fraction of sp³-hybridized carbons (Fsp3) is 0.442. The molecule has 1 rings (SSSR count). The first-order valence-electron chi connectivity index (χ1n) is 18.2. The Morgan fingerprint density at radius 3 is 2.07 bits per heavy atom. The maximum atomic E-state index is 12.5. The summed E-state index contributed by atoms with van der Waals surface area (Å²) in [6.07, 6.45) is 10.1. The lowest BCUT2D eigenvalue weighted by Crippen LogP contribution is -2.39. The Kier molecular flexibility index (Phi) is 40.1. The van der Waals surface area contributed by atoms with Crippen molar-refractivity contribution in [2.45, 2.75) is 80.4 Å². The summed E-state index contributed by atoms with van der Waals surface area (Å²) in [5.41, 5.74) is 1.67. The number of allylic oxidation sites excluding steroid dienone is 7. The van der Waals surface area contributed by atoms with Gasteiger partial charge in [0, 0.05) is 56.3 Å². The van der Waals surface area contributed by atoms with Gasteiger partial charge in [-0.3, -0.25) is 9.59 Å². The Balaban J connectivity index is -0.000000425. The molecule has 0 aromatic heterocycles. The molecule has 0 bridgehead atoms. The van der Waals surface area contributed by atoms with E-state index in [0.717, 1.165) is 11.3 Å². The van der Waals surface area contributed by atoms with Crippen LogP contribution in [0.15, 0.2) is 115 Å². The summed E-state index contributed by atoms with van der Waals surface area (Å²) >= 11 is 23.5. The van der Waals surface area contributed by atoms with Gasteiger partial charge in [-0.1, -0.05) is 101 Å². The smallest absolute Gasteiger partial charge is 0.261 e. The molecule has 2 unspecified atom stereocenters. The van der Waals surface area contributed by atoms with Gasteiger partial charge < -0.3 is 34.5 Å². The first-order chi connectivity index (χ1) is 26.7. The van der Waals surface area contributed by atoms with E-state index in [1.54, 1.807) is 70.6 Å². The molecule has 9 nitrogen and oxygen atoms in total. The van der Waals surface area contributed by atoms with Crippen molar-refractivity contribution in [3.05, 3.63) is 125 Å². The number of nitrogens with one attached hydrogen (secondary N) is 2. The molecule has 0 radical (unpaired) electrons. The van der Waals surface area contributed by atoms with Crippen LogP contribution >= 0.6 is 46.4 Å². The number of amides is 2. The lowest BCUT2D eigenvalue weighted by atomic mass is 10.1. The standard InChI is InChI=1S/C19H24Cl2N2O2.C18H27Cl2NO4.2C2H6.C2H4/c1-6-8-14(13(3)23(4)5)12-22-19(24)17(7-2)25-18-10-9-15(20)11-16(18)21;1-6-15(23-4)12-16(24-5)9-11-21-18(22)14(3)25-17(13(2)20)8-7-10-19;3*1-2/h6,8-11,17H,1,3,7,12H2,2,4-5H3,(H,22,24);6-8,12,14H,9-11H2,1-5H3,(H,21,22);2*1-2H3;1-2H2/b14-8-;8-7-,15-6+,16-12+,17-13-;;;. The zero-order valence-electron chi connectivity index (χ0n) is 35.6. The fourth-order valence-corrected chi connectivity index (χ4v) is 4.41. The second-order valence-corrected chi connectivity index (χ2v) is 12.3. The van der Waals surface area contributed by atoms with Crippen molar-refractivity contribution in [1.82, 2.24) is 15.5 Å². The minimum atomic E-state index is -0.691. The maximum absolute atomic E-state index is 12.5. The van der Waals surface area contributed by atoms with Crippen molar-refractivity contribution in [2.75, 3.05) is 47.3 Å². The second-order valence-electron chi connectivity index (χ2n) is 10.5. The summed E-state index contributed by atoms with van der Waals surface area (Å²) in [7, 11) is 6.94. The van der Waals surface area contributed by atoms with Crippen LogP contribution in [0.5, 0.6) is 5.75 Å². The Hall–Kier alpha value is -3.76. The average Bonchev–Trinajstić information content (AvgIpc) is 3.20. The lowest BCUT2D eigenvalue weighted by Gasteiger charge is -2.21. The summed E-state index contributed by atoms with van der Waals surface area (Å²) in [4.78, 5) is 26.5. The molecule has 0 fully saturated rings. The molecule has 1 aromatic carbocycles. The zero-order valence-corrected chi connectivity index (χ0v) is 38.6. The third kappa shape index (κ3) is 26.9. The summed E-state index contributed by atoms with van der Waals surface area (Å²) in [6.45, 7) is 29.5. The number of rotatable bonds is 20. The molecule has 13 heteroatoms. The van der Waals surface area contributed by atoms with E-state index in [2.05, 4.69) is 36.9 Å². The molecule has 318 valence electrons. The number of hydrogen-bond acceptors (Lipinski definition) is 7. The summed E-state index contributed by atoms with van der Waals surface area (Å²) in [5.74, 6) is 2.09. The maximum Gasteiger partial charge on any atom is 0.261 e. The van der Waals surface area contributed by atoms with Crippen molar-refractivity contribution in [3.63, 3.8) is 0 Å². The van der Waals surface area contributed by atoms with E-state index < -0.39 is 12.2 Å². The molecule has 0 aliphatic rings. The molecule has 0 saturated heterocycles. The van der Waals surface area contributed by atoms with Crippen LogP contribution in [-0.2, 0) is 23.8 Å². The van der Waals surface area contributed by atoms with Crippen LogP contribution in [-0.4, -0.2) is 76.2 Å². The van der Waals surface area contributed by atoms with Gasteiger partial charge in [0.15, 0.2) is 12.2 Å². The van der Waals surface area contributed by atoms with Gasteiger partial charge in [-0.2, -0.15) is 0 Å². The number of alkyl halides is 1. The van der Waals surface area contributed by atoms with Crippen molar-refractivity contribution in [1.29, 1.82) is 0 Å². The third-order valence-electron chi connectivity index (χ3n) is 6.64. The van der Waals surface area contributed by atoms with E-state index in [4.69, 9.17) is 65.4 Å². The molecule has 1 aromatic rings. The number of halogens is 4. The van der Waals surface area contributed by atoms with Gasteiger partial charge in [-0.05, 0) is 63.1 Å². The fourth-order valence-electron chi connectivity index (χ4n) is 3.76. The predicted molar refractivity (Wildman–Crippen MR) is 242 cm³/mol. The number of carbonyl (C=O) groups excluding carboxylic acids is 2. The van der Waals surface area contributed by atoms with Gasteiger partial charge in [-0.15, -0.1) is 24.8 Å². The van der Waals surface area contributed by atoms with Crippen LogP contribution in [0.25, 0.3) is 0 Å². The largest absolute Gasteiger partial charge is 0.501 e. The minimum Gasteiger partial charge on any atom is -0.501 e. The highest BCUT2D eigenvalue weighted by Crippen LogP contribution is 2.28. The van der Waals surface area contributed by atoms with Crippen LogP contribution in [0.4, 0.5) is 0 Å². The number of carbonyl (C=O) groups is 2. The Labute approximate surface area is 358 Å². The van der Waals surface area contributed by atoms with E-state index in [1.807, 2.05) is 72.7 Å². The number of ether oxygens (including phenoxy) is 4. The van der Waals surface area contributed by atoms with Gasteiger partial charge in [0.05, 0.1) is 24.3 Å². The van der Waals surface area contributed by atoms with E-state index in [-0.39, 0.29) is 11.8 Å². The predicted octanol–water partition coefficient (Wildman–Crippen LogP) is 11.6. The first-order valence-corrected chi connectivity index (χ1v) is 19.9. The van der Waals surface area contributed by atoms with Crippen LogP contribution in [0.2, 0.25) is 10.0 Å². The highest BCUT2D eigenvalue weighted by atomic mass is 35.5. The van der Waals surface area contributed by atoms with E-state index >= 15 is 0 Å². The van der Waals surface area contributed by atoms with Gasteiger partial charge in [0.1, 0.15) is 23.0 Å². The molecule has 0 spiro atoms. The van der Waals surface area contributed by atoms with Crippen molar-refractivity contribution < 1.29 is 28.5 Å². The summed E-state index contributed by atoms with van der Waals surface area (Å²) in [5, 5.41) is 6.99. The Morgan fingerprint density at radius 2 is 1.62 bits per heavy atom. The number of benzene rings is 1.